The molecular weight excluding hydrogens is 777 g/mol. The van der Waals surface area contributed by atoms with E-state index in [0.29, 0.717) is 42.6 Å². The lowest BCUT2D eigenvalue weighted by molar-refractivity contribution is -0.152. The lowest BCUT2D eigenvalue weighted by Crippen LogP contribution is -2.45. The summed E-state index contributed by atoms with van der Waals surface area (Å²) in [6.45, 7) is 1.91. The van der Waals surface area contributed by atoms with Gasteiger partial charge in [-0.15, -0.1) is 5.10 Å². The standard InChI is InChI=1S/C39H37F2N9O7S/c1-3-23-22-49(47-45-23)25-11-13-28(14-12-25)58(55,56)46-33-19-31(40)30(18-32(33)41)36(51)44-34(38(53)57-27-7-5-4-6-8-27)17-24-9-10-26(20-43-24)50-37(52)29-15-16-42-21-35(29)48(2)39(50)54/h9-16,18-22,27,34,46H,3-8,17H2,1-2H3,(H,44,51)/t34-/m0/s1. The number of carbonyl (C=O) groups excluding carboxylic acids is 2. The fraction of sp³-hybridized carbons (Fsp3) is 0.282. The molecule has 4 heterocycles. The second-order valence-corrected chi connectivity index (χ2v) is 15.4. The van der Waals surface area contributed by atoms with Crippen molar-refractivity contribution in [3.8, 4) is 11.4 Å². The van der Waals surface area contributed by atoms with Crippen molar-refractivity contribution in [2.45, 2.75) is 68.9 Å². The van der Waals surface area contributed by atoms with E-state index < -0.39 is 68.2 Å². The van der Waals surface area contributed by atoms with Crippen LogP contribution in [0.5, 0.6) is 0 Å². The first-order chi connectivity index (χ1) is 27.8. The van der Waals surface area contributed by atoms with Crippen LogP contribution in [0.1, 0.15) is 60.8 Å². The van der Waals surface area contributed by atoms with Gasteiger partial charge in [0, 0.05) is 31.4 Å². The number of fused-ring (bicyclic) bond motifs is 1. The normalized spacial score (nSPS) is 13.9. The monoisotopic (exact) mass is 813 g/mol. The van der Waals surface area contributed by atoms with Crippen LogP contribution >= 0.6 is 0 Å². The number of amides is 1. The number of anilines is 1. The zero-order valence-electron chi connectivity index (χ0n) is 31.3. The lowest BCUT2D eigenvalue weighted by atomic mass is 9.97. The molecule has 1 fully saturated rings. The molecule has 16 nitrogen and oxygen atoms in total. The molecule has 1 atom stereocenters. The molecule has 1 saturated carbocycles. The molecule has 0 spiro atoms. The Labute approximate surface area is 329 Å². The van der Waals surface area contributed by atoms with Crippen LogP contribution < -0.4 is 21.3 Å². The van der Waals surface area contributed by atoms with Gasteiger partial charge in [0.15, 0.2) is 0 Å². The lowest BCUT2D eigenvalue weighted by Gasteiger charge is -2.25. The topological polar surface area (TPSA) is 202 Å². The summed E-state index contributed by atoms with van der Waals surface area (Å²) < 4.78 is 68.6. The van der Waals surface area contributed by atoms with Crippen molar-refractivity contribution in [3.63, 3.8) is 0 Å². The minimum Gasteiger partial charge on any atom is -0.461 e. The summed E-state index contributed by atoms with van der Waals surface area (Å²) >= 11 is 0. The van der Waals surface area contributed by atoms with E-state index in [1.807, 2.05) is 11.6 Å². The number of aromatic nitrogens is 7. The van der Waals surface area contributed by atoms with Crippen LogP contribution in [0.2, 0.25) is 0 Å². The molecule has 1 aliphatic rings. The van der Waals surface area contributed by atoms with E-state index in [1.165, 1.54) is 77.4 Å². The molecule has 4 aromatic heterocycles. The van der Waals surface area contributed by atoms with Gasteiger partial charge in [0.25, 0.3) is 21.5 Å². The van der Waals surface area contributed by atoms with E-state index >= 15 is 8.78 Å². The van der Waals surface area contributed by atoms with Crippen molar-refractivity contribution in [1.29, 1.82) is 0 Å². The van der Waals surface area contributed by atoms with Gasteiger partial charge in [0.05, 0.1) is 62.7 Å². The predicted octanol–water partition coefficient (Wildman–Crippen LogP) is 3.92. The highest BCUT2D eigenvalue weighted by atomic mass is 32.2. The summed E-state index contributed by atoms with van der Waals surface area (Å²) in [5, 5.41) is 10.7. The van der Waals surface area contributed by atoms with Gasteiger partial charge in [0.2, 0.25) is 0 Å². The van der Waals surface area contributed by atoms with Crippen molar-refractivity contribution in [3.05, 3.63) is 129 Å². The van der Waals surface area contributed by atoms with Gasteiger partial charge in [-0.25, -0.2) is 36.0 Å². The minimum absolute atomic E-state index is 0.140. The van der Waals surface area contributed by atoms with Crippen LogP contribution in [0.25, 0.3) is 22.3 Å². The first-order valence-electron chi connectivity index (χ1n) is 18.4. The summed E-state index contributed by atoms with van der Waals surface area (Å²) in [4.78, 5) is 61.5. The first kappa shape index (κ1) is 39.6. The van der Waals surface area contributed by atoms with E-state index in [1.54, 1.807) is 6.20 Å². The Morgan fingerprint density at radius 2 is 1.69 bits per heavy atom. The van der Waals surface area contributed by atoms with E-state index in [9.17, 15) is 27.6 Å². The Kier molecular flexibility index (Phi) is 11.2. The number of rotatable bonds is 12. The van der Waals surface area contributed by atoms with Crippen molar-refractivity contribution in [1.82, 2.24) is 39.4 Å². The molecule has 2 aromatic carbocycles. The third-order valence-electron chi connectivity index (χ3n) is 9.84. The van der Waals surface area contributed by atoms with Gasteiger partial charge < -0.3 is 10.1 Å². The summed E-state index contributed by atoms with van der Waals surface area (Å²) in [6, 6.07) is 9.49. The van der Waals surface area contributed by atoms with Crippen LogP contribution in [-0.4, -0.2) is 66.5 Å². The van der Waals surface area contributed by atoms with Crippen LogP contribution in [0.15, 0.2) is 93.9 Å². The summed E-state index contributed by atoms with van der Waals surface area (Å²) in [5.41, 5.74) is -0.808. The van der Waals surface area contributed by atoms with Crippen molar-refractivity contribution in [2.24, 2.45) is 7.05 Å². The van der Waals surface area contributed by atoms with E-state index in [-0.39, 0.29) is 28.1 Å². The second kappa shape index (κ2) is 16.5. The maximum atomic E-state index is 15.5. The number of aryl methyl sites for hydroxylation is 2. The number of hydrogen-bond donors (Lipinski definition) is 2. The number of halogens is 2. The largest absolute Gasteiger partial charge is 0.461 e. The zero-order chi connectivity index (χ0) is 41.1. The van der Waals surface area contributed by atoms with Crippen LogP contribution in [-0.2, 0) is 39.4 Å². The molecule has 0 saturated heterocycles. The smallest absolute Gasteiger partial charge is 0.335 e. The van der Waals surface area contributed by atoms with Gasteiger partial charge >= 0.3 is 11.7 Å². The van der Waals surface area contributed by atoms with Crippen LogP contribution in [0.4, 0.5) is 14.5 Å². The highest BCUT2D eigenvalue weighted by Gasteiger charge is 2.29. The molecule has 0 radical (unpaired) electrons. The third-order valence-corrected chi connectivity index (χ3v) is 11.2. The molecule has 1 amide bonds. The molecule has 300 valence electrons. The molecule has 58 heavy (non-hydrogen) atoms. The summed E-state index contributed by atoms with van der Waals surface area (Å²) in [7, 11) is -2.91. The van der Waals surface area contributed by atoms with Gasteiger partial charge in [0.1, 0.15) is 23.8 Å². The number of pyridine rings is 2. The quantitative estimate of drug-likeness (QED) is 0.170. The number of hydrogen-bond acceptors (Lipinski definition) is 11. The van der Waals surface area contributed by atoms with Gasteiger partial charge in [-0.3, -0.25) is 28.8 Å². The molecule has 7 rings (SSSR count). The molecular formula is C39H37F2N9O7S. The fourth-order valence-electron chi connectivity index (χ4n) is 6.63. The number of ether oxygens (including phenoxy) is 1. The molecule has 0 aliphatic heterocycles. The highest BCUT2D eigenvalue weighted by molar-refractivity contribution is 7.92. The van der Waals surface area contributed by atoms with Crippen molar-refractivity contribution >= 4 is 38.5 Å². The number of esters is 1. The molecule has 1 aliphatic carbocycles. The van der Waals surface area contributed by atoms with Crippen molar-refractivity contribution in [2.75, 3.05) is 4.72 Å². The Morgan fingerprint density at radius 1 is 0.948 bits per heavy atom. The molecule has 6 aromatic rings. The SMILES string of the molecule is CCc1cn(-c2ccc(S(=O)(=O)Nc3cc(F)c(C(=O)N[C@@H](Cc4ccc(-n5c(=O)c6ccncc6n(C)c5=O)cn4)C(=O)OC4CCCCC4)cc3F)cc2)nn1. The maximum absolute atomic E-state index is 15.5. The molecule has 2 N–H and O–H groups in total. The number of sulfonamides is 1. The number of nitrogens with zero attached hydrogens (tertiary/aromatic N) is 7. The summed E-state index contributed by atoms with van der Waals surface area (Å²) in [5.74, 6) is -4.54. The van der Waals surface area contributed by atoms with E-state index in [4.69, 9.17) is 4.74 Å². The number of carbonyl (C=O) groups is 2. The maximum Gasteiger partial charge on any atom is 0.335 e. The van der Waals surface area contributed by atoms with Gasteiger partial charge in [-0.05, 0) is 80.6 Å². The third kappa shape index (κ3) is 8.24. The average molecular weight is 814 g/mol. The highest BCUT2D eigenvalue weighted by Crippen LogP contribution is 2.25. The molecule has 19 heteroatoms. The minimum atomic E-state index is -4.41. The first-order valence-corrected chi connectivity index (χ1v) is 19.9. The Morgan fingerprint density at radius 3 is 2.38 bits per heavy atom. The Balaban J connectivity index is 1.10. The molecule has 0 bridgehead atoms. The van der Waals surface area contributed by atoms with Gasteiger partial charge in [-0.2, -0.15) is 0 Å². The fourth-order valence-corrected chi connectivity index (χ4v) is 7.69. The summed E-state index contributed by atoms with van der Waals surface area (Å²) in [6.07, 6.45) is 9.69. The van der Waals surface area contributed by atoms with E-state index in [0.717, 1.165) is 29.5 Å². The van der Waals surface area contributed by atoms with Crippen molar-refractivity contribution < 1.29 is 31.5 Å². The van der Waals surface area contributed by atoms with Crippen LogP contribution in [0.3, 0.4) is 0 Å². The Hall–Kier alpha value is -6.63. The van der Waals surface area contributed by atoms with Crippen LogP contribution in [0, 0.1) is 11.6 Å². The molecule has 0 unspecified atom stereocenters. The number of benzene rings is 2. The Bertz CT molecular complexity index is 2750. The predicted molar refractivity (Wildman–Crippen MR) is 206 cm³/mol. The second-order valence-electron chi connectivity index (χ2n) is 13.7. The van der Waals surface area contributed by atoms with Gasteiger partial charge in [-0.1, -0.05) is 18.6 Å². The number of nitrogens with one attached hydrogen (secondary N) is 2. The average Bonchev–Trinajstić information content (AvgIpc) is 3.72. The van der Waals surface area contributed by atoms with E-state index in [2.05, 4.69) is 25.6 Å². The zero-order valence-corrected chi connectivity index (χ0v) is 32.1.